The van der Waals surface area contributed by atoms with Gasteiger partial charge >= 0.3 is 0 Å². The van der Waals surface area contributed by atoms with Crippen LogP contribution >= 0.6 is 0 Å². The molecule has 7 heteroatoms. The Bertz CT molecular complexity index is 884. The minimum absolute atomic E-state index is 0.0861. The average molecular weight is 397 g/mol. The zero-order chi connectivity index (χ0) is 20.8. The number of hydrogen-bond donors (Lipinski definition) is 2. The van der Waals surface area contributed by atoms with Crippen molar-refractivity contribution in [1.82, 2.24) is 10.2 Å². The Labute approximate surface area is 171 Å². The first-order valence-electron chi connectivity index (χ1n) is 9.63. The summed E-state index contributed by atoms with van der Waals surface area (Å²) in [5.74, 6) is 1.25. The van der Waals surface area contributed by atoms with Crippen LogP contribution in [0.4, 0.5) is 5.69 Å². The number of carbonyl (C=O) groups is 2. The summed E-state index contributed by atoms with van der Waals surface area (Å²) in [7, 11) is 4.86. The third-order valence-corrected chi connectivity index (χ3v) is 5.14. The molecule has 2 aromatic rings. The normalized spacial score (nSPS) is 16.3. The van der Waals surface area contributed by atoms with E-state index < -0.39 is 0 Å². The second-order valence-corrected chi connectivity index (χ2v) is 6.94. The largest absolute Gasteiger partial charge is 0.497 e. The first-order chi connectivity index (χ1) is 14.0. The number of rotatable bonds is 7. The minimum Gasteiger partial charge on any atom is -0.497 e. The second-order valence-electron chi connectivity index (χ2n) is 6.94. The predicted octanol–water partition coefficient (Wildman–Crippen LogP) is 2.84. The van der Waals surface area contributed by atoms with Crippen LogP contribution in [0.1, 0.15) is 34.8 Å². The van der Waals surface area contributed by atoms with Crippen molar-refractivity contribution >= 4 is 17.5 Å². The zero-order valence-electron chi connectivity index (χ0n) is 17.0. The van der Waals surface area contributed by atoms with Gasteiger partial charge in [-0.05, 0) is 55.8 Å². The van der Waals surface area contributed by atoms with E-state index in [0.717, 1.165) is 36.4 Å². The molecule has 1 fully saturated rings. The first-order valence-corrected chi connectivity index (χ1v) is 9.63. The number of likely N-dealkylation sites (tertiary alicyclic amines) is 1. The first kappa shape index (κ1) is 20.7. The Kier molecular flexibility index (Phi) is 6.72. The molecule has 1 saturated heterocycles. The highest BCUT2D eigenvalue weighted by Gasteiger charge is 2.30. The van der Waals surface area contributed by atoms with E-state index in [2.05, 4.69) is 15.5 Å². The topological polar surface area (TPSA) is 79.9 Å². The Morgan fingerprint density at radius 1 is 1.14 bits per heavy atom. The van der Waals surface area contributed by atoms with E-state index in [4.69, 9.17) is 9.47 Å². The smallest absolute Gasteiger partial charge is 0.251 e. The van der Waals surface area contributed by atoms with Gasteiger partial charge in [0.15, 0.2) is 0 Å². The van der Waals surface area contributed by atoms with Crippen LogP contribution in [0.5, 0.6) is 11.5 Å². The summed E-state index contributed by atoms with van der Waals surface area (Å²) in [4.78, 5) is 26.6. The third kappa shape index (κ3) is 4.86. The van der Waals surface area contributed by atoms with E-state index in [0.29, 0.717) is 11.3 Å². The summed E-state index contributed by atoms with van der Waals surface area (Å²) in [5, 5.41) is 5.48. The molecular formula is C22H27N3O4. The minimum atomic E-state index is -0.189. The van der Waals surface area contributed by atoms with Crippen molar-refractivity contribution in [3.8, 4) is 11.5 Å². The van der Waals surface area contributed by atoms with Crippen molar-refractivity contribution in [2.45, 2.75) is 18.9 Å². The molecule has 0 saturated carbocycles. The van der Waals surface area contributed by atoms with Crippen molar-refractivity contribution in [1.29, 1.82) is 0 Å². The van der Waals surface area contributed by atoms with E-state index in [-0.39, 0.29) is 24.4 Å². The Morgan fingerprint density at radius 3 is 2.69 bits per heavy atom. The molecule has 2 aromatic carbocycles. The summed E-state index contributed by atoms with van der Waals surface area (Å²) in [6.07, 6.45) is 1.95. The van der Waals surface area contributed by atoms with Crippen LogP contribution in [0.2, 0.25) is 0 Å². The maximum atomic E-state index is 12.7. The molecule has 1 aliphatic heterocycles. The molecule has 0 aromatic heterocycles. The molecule has 29 heavy (non-hydrogen) atoms. The number of amides is 2. The number of anilines is 1. The van der Waals surface area contributed by atoms with Gasteiger partial charge in [-0.25, -0.2) is 0 Å². The molecule has 7 nitrogen and oxygen atoms in total. The molecular weight excluding hydrogens is 370 g/mol. The maximum absolute atomic E-state index is 12.7. The van der Waals surface area contributed by atoms with Crippen molar-refractivity contribution < 1.29 is 19.1 Å². The van der Waals surface area contributed by atoms with Crippen LogP contribution in [0, 0.1) is 0 Å². The molecule has 0 spiro atoms. The number of benzene rings is 2. The van der Waals surface area contributed by atoms with E-state index in [1.54, 1.807) is 45.5 Å². The fourth-order valence-electron chi connectivity index (χ4n) is 3.73. The average Bonchev–Trinajstić information content (AvgIpc) is 3.20. The van der Waals surface area contributed by atoms with Crippen molar-refractivity contribution in [2.75, 3.05) is 39.7 Å². The van der Waals surface area contributed by atoms with Gasteiger partial charge in [0.2, 0.25) is 5.91 Å². The van der Waals surface area contributed by atoms with Crippen molar-refractivity contribution in [2.24, 2.45) is 0 Å². The van der Waals surface area contributed by atoms with Crippen LogP contribution in [0.25, 0.3) is 0 Å². The van der Waals surface area contributed by atoms with Crippen LogP contribution in [-0.4, -0.2) is 51.1 Å². The van der Waals surface area contributed by atoms with Gasteiger partial charge in [-0.3, -0.25) is 14.5 Å². The lowest BCUT2D eigenvalue weighted by molar-refractivity contribution is -0.117. The molecule has 0 aliphatic carbocycles. The van der Waals surface area contributed by atoms with Crippen molar-refractivity contribution in [3.05, 3.63) is 53.6 Å². The number of nitrogens with one attached hydrogen (secondary N) is 2. The summed E-state index contributed by atoms with van der Waals surface area (Å²) < 4.78 is 10.9. The van der Waals surface area contributed by atoms with Crippen molar-refractivity contribution in [3.63, 3.8) is 0 Å². The van der Waals surface area contributed by atoms with Gasteiger partial charge in [0.05, 0.1) is 20.8 Å². The van der Waals surface area contributed by atoms with Gasteiger partial charge in [-0.1, -0.05) is 6.07 Å². The lowest BCUT2D eigenvalue weighted by Gasteiger charge is -2.26. The fraction of sp³-hybridized carbons (Fsp3) is 0.364. The number of hydrogen-bond acceptors (Lipinski definition) is 5. The van der Waals surface area contributed by atoms with E-state index in [1.807, 2.05) is 18.2 Å². The monoisotopic (exact) mass is 397 g/mol. The fourth-order valence-corrected chi connectivity index (χ4v) is 3.73. The molecule has 2 amide bonds. The molecule has 3 rings (SSSR count). The van der Waals surface area contributed by atoms with Gasteiger partial charge < -0.3 is 20.1 Å². The molecule has 1 heterocycles. The van der Waals surface area contributed by atoms with Crippen LogP contribution in [0.15, 0.2) is 42.5 Å². The molecule has 0 bridgehead atoms. The molecule has 1 atom stereocenters. The highest BCUT2D eigenvalue weighted by atomic mass is 16.5. The number of ether oxygens (including phenoxy) is 2. The molecule has 154 valence electrons. The Hall–Kier alpha value is -3.06. The summed E-state index contributed by atoms with van der Waals surface area (Å²) in [6.45, 7) is 1.09. The van der Waals surface area contributed by atoms with Crippen LogP contribution in [-0.2, 0) is 4.79 Å². The summed E-state index contributed by atoms with van der Waals surface area (Å²) in [5.41, 5.74) is 2.13. The van der Waals surface area contributed by atoms with Gasteiger partial charge in [0.1, 0.15) is 11.5 Å². The number of nitrogens with zero attached hydrogens (tertiary/aromatic N) is 1. The SMILES string of the molecule is CNC(=O)c1cccc(NC(=O)CN2CCC[C@H]2c2cc(OC)ccc2OC)c1. The van der Waals surface area contributed by atoms with Gasteiger partial charge in [0, 0.05) is 29.9 Å². The quantitative estimate of drug-likeness (QED) is 0.751. The van der Waals surface area contributed by atoms with Crippen LogP contribution < -0.4 is 20.1 Å². The second kappa shape index (κ2) is 9.43. The molecule has 0 radical (unpaired) electrons. The Morgan fingerprint density at radius 2 is 1.97 bits per heavy atom. The summed E-state index contributed by atoms with van der Waals surface area (Å²) in [6, 6.07) is 12.7. The molecule has 0 unspecified atom stereocenters. The number of methoxy groups -OCH3 is 2. The van der Waals surface area contributed by atoms with E-state index >= 15 is 0 Å². The van der Waals surface area contributed by atoms with E-state index in [9.17, 15) is 9.59 Å². The lowest BCUT2D eigenvalue weighted by Crippen LogP contribution is -2.33. The molecule has 2 N–H and O–H groups in total. The lowest BCUT2D eigenvalue weighted by atomic mass is 10.0. The predicted molar refractivity (Wildman–Crippen MR) is 112 cm³/mol. The standard InChI is InChI=1S/C22H27N3O4/c1-23-22(27)15-6-4-7-16(12-15)24-21(26)14-25-11-5-8-19(25)18-13-17(28-2)9-10-20(18)29-3/h4,6-7,9-10,12-13,19H,5,8,11,14H2,1-3H3,(H,23,27)(H,24,26)/t19-/m0/s1. The number of carbonyl (C=O) groups excluding carboxylic acids is 2. The zero-order valence-corrected chi connectivity index (χ0v) is 17.0. The Balaban J connectivity index is 1.71. The van der Waals surface area contributed by atoms with Gasteiger partial charge in [-0.2, -0.15) is 0 Å². The molecule has 1 aliphatic rings. The summed E-state index contributed by atoms with van der Waals surface area (Å²) >= 11 is 0. The maximum Gasteiger partial charge on any atom is 0.251 e. The third-order valence-electron chi connectivity index (χ3n) is 5.14. The van der Waals surface area contributed by atoms with Crippen LogP contribution in [0.3, 0.4) is 0 Å². The highest BCUT2D eigenvalue weighted by Crippen LogP contribution is 2.38. The van der Waals surface area contributed by atoms with Gasteiger partial charge in [0.25, 0.3) is 5.91 Å². The highest BCUT2D eigenvalue weighted by molar-refractivity contribution is 5.97. The van der Waals surface area contributed by atoms with E-state index in [1.165, 1.54) is 0 Å². The van der Waals surface area contributed by atoms with Gasteiger partial charge in [-0.15, -0.1) is 0 Å².